The molecule has 0 bridgehead atoms. The molecule has 0 atom stereocenters. The minimum absolute atomic E-state index is 0.951. The van der Waals surface area contributed by atoms with E-state index in [4.69, 9.17) is 0 Å². The van der Waals surface area contributed by atoms with Gasteiger partial charge in [0.05, 0.1) is 4.88 Å². The highest BCUT2D eigenvalue weighted by atomic mass is 79.9. The molecule has 0 aliphatic carbocycles. The number of nitrogens with zero attached hydrogens (tertiary/aromatic N) is 2. The molecule has 0 amide bonds. The first kappa shape index (κ1) is 10.8. The van der Waals surface area contributed by atoms with Crippen LogP contribution in [0.25, 0.3) is 16.2 Å². The lowest BCUT2D eigenvalue weighted by molar-refractivity contribution is 1.18. The van der Waals surface area contributed by atoms with Gasteiger partial charge in [-0.05, 0) is 33.4 Å². The van der Waals surface area contributed by atoms with Gasteiger partial charge in [0.1, 0.15) is 11.3 Å². The van der Waals surface area contributed by atoms with Gasteiger partial charge in [0.2, 0.25) is 0 Å². The molecule has 0 aliphatic rings. The number of hydrogen-bond acceptors (Lipinski definition) is 3. The molecule has 3 nitrogen and oxygen atoms in total. The normalized spacial score (nSPS) is 10.9. The van der Waals surface area contributed by atoms with E-state index < -0.39 is 0 Å². The van der Waals surface area contributed by atoms with Gasteiger partial charge in [-0.3, -0.25) is 0 Å². The van der Waals surface area contributed by atoms with Gasteiger partial charge in [0.15, 0.2) is 0 Å². The van der Waals surface area contributed by atoms with Crippen molar-refractivity contribution >= 4 is 38.6 Å². The number of fused-ring (bicyclic) bond motifs is 1. The molecule has 3 aromatic rings. The number of imidazole rings is 1. The standard InChI is InChI=1S/C12H10BrN3S/c1-14-8-2-4-16-7-10(15-11(16)6-8)12-9(13)3-5-17-12/h2-7,14H,1H3. The van der Waals surface area contributed by atoms with E-state index in [1.165, 1.54) is 4.88 Å². The molecule has 86 valence electrons. The third kappa shape index (κ3) is 1.85. The van der Waals surface area contributed by atoms with Crippen LogP contribution in [0.2, 0.25) is 0 Å². The highest BCUT2D eigenvalue weighted by Gasteiger charge is 2.09. The average molecular weight is 308 g/mol. The Morgan fingerprint density at radius 1 is 1.41 bits per heavy atom. The summed E-state index contributed by atoms with van der Waals surface area (Å²) < 4.78 is 3.13. The molecule has 0 fully saturated rings. The van der Waals surface area contributed by atoms with Crippen LogP contribution in [0.15, 0.2) is 40.4 Å². The van der Waals surface area contributed by atoms with Gasteiger partial charge >= 0.3 is 0 Å². The van der Waals surface area contributed by atoms with Gasteiger partial charge in [-0.2, -0.15) is 0 Å². The van der Waals surface area contributed by atoms with Crippen molar-refractivity contribution in [2.24, 2.45) is 0 Å². The third-order valence-corrected chi connectivity index (χ3v) is 4.46. The number of aromatic nitrogens is 2. The van der Waals surface area contributed by atoms with E-state index in [9.17, 15) is 0 Å². The van der Waals surface area contributed by atoms with E-state index in [1.807, 2.05) is 42.0 Å². The molecule has 0 saturated heterocycles. The predicted molar refractivity (Wildman–Crippen MR) is 75.8 cm³/mol. The van der Waals surface area contributed by atoms with Crippen LogP contribution in [-0.2, 0) is 0 Å². The zero-order valence-corrected chi connectivity index (χ0v) is 11.5. The third-order valence-electron chi connectivity index (χ3n) is 2.60. The van der Waals surface area contributed by atoms with Crippen LogP contribution >= 0.6 is 27.3 Å². The summed E-state index contributed by atoms with van der Waals surface area (Å²) in [7, 11) is 1.91. The van der Waals surface area contributed by atoms with Gasteiger partial charge in [-0.15, -0.1) is 11.3 Å². The second-order valence-corrected chi connectivity index (χ2v) is 5.43. The second kappa shape index (κ2) is 4.16. The zero-order chi connectivity index (χ0) is 11.8. The maximum absolute atomic E-state index is 4.63. The van der Waals surface area contributed by atoms with Crippen molar-refractivity contribution in [1.82, 2.24) is 9.38 Å². The van der Waals surface area contributed by atoms with E-state index in [-0.39, 0.29) is 0 Å². The molecule has 0 aliphatic heterocycles. The Balaban J connectivity index is 2.17. The quantitative estimate of drug-likeness (QED) is 0.779. The summed E-state index contributed by atoms with van der Waals surface area (Å²) in [5.41, 5.74) is 3.02. The summed E-state index contributed by atoms with van der Waals surface area (Å²) in [5.74, 6) is 0. The van der Waals surface area contributed by atoms with Gasteiger partial charge in [-0.1, -0.05) is 0 Å². The molecule has 0 radical (unpaired) electrons. The summed E-state index contributed by atoms with van der Waals surface area (Å²) in [6, 6.07) is 6.11. The lowest BCUT2D eigenvalue weighted by Crippen LogP contribution is -1.89. The van der Waals surface area contributed by atoms with Crippen molar-refractivity contribution in [3.8, 4) is 10.6 Å². The summed E-state index contributed by atoms with van der Waals surface area (Å²) in [6.45, 7) is 0. The van der Waals surface area contributed by atoms with Crippen LogP contribution in [0.1, 0.15) is 0 Å². The molecule has 0 spiro atoms. The number of pyridine rings is 1. The maximum Gasteiger partial charge on any atom is 0.139 e. The van der Waals surface area contributed by atoms with E-state index in [0.717, 1.165) is 21.5 Å². The molecule has 0 aromatic carbocycles. The van der Waals surface area contributed by atoms with Crippen LogP contribution in [-0.4, -0.2) is 16.4 Å². The topological polar surface area (TPSA) is 29.3 Å². The van der Waals surface area contributed by atoms with E-state index in [2.05, 4.69) is 31.6 Å². The van der Waals surface area contributed by atoms with Crippen molar-refractivity contribution in [3.63, 3.8) is 0 Å². The minimum Gasteiger partial charge on any atom is -0.388 e. The smallest absolute Gasteiger partial charge is 0.139 e. The number of hydrogen-bond donors (Lipinski definition) is 1. The lowest BCUT2D eigenvalue weighted by atomic mass is 10.4. The minimum atomic E-state index is 0.951. The van der Waals surface area contributed by atoms with Crippen molar-refractivity contribution in [3.05, 3.63) is 40.4 Å². The Bertz CT molecular complexity index is 671. The van der Waals surface area contributed by atoms with Crippen molar-refractivity contribution in [2.75, 3.05) is 12.4 Å². The fourth-order valence-corrected chi connectivity index (χ4v) is 3.25. The van der Waals surface area contributed by atoms with Crippen LogP contribution < -0.4 is 5.32 Å². The first-order valence-corrected chi connectivity index (χ1v) is 6.85. The molecular weight excluding hydrogens is 298 g/mol. The molecular formula is C12H10BrN3S. The molecule has 3 heterocycles. The molecule has 17 heavy (non-hydrogen) atoms. The second-order valence-electron chi connectivity index (χ2n) is 3.65. The van der Waals surface area contributed by atoms with Crippen molar-refractivity contribution in [1.29, 1.82) is 0 Å². The number of halogens is 1. The van der Waals surface area contributed by atoms with Crippen LogP contribution in [0.3, 0.4) is 0 Å². The fourth-order valence-electron chi connectivity index (χ4n) is 1.72. The van der Waals surface area contributed by atoms with Crippen molar-refractivity contribution in [2.45, 2.75) is 0 Å². The Labute approximate surface area is 111 Å². The summed E-state index contributed by atoms with van der Waals surface area (Å²) in [6.07, 6.45) is 4.06. The number of rotatable bonds is 2. The van der Waals surface area contributed by atoms with Crippen LogP contribution in [0.4, 0.5) is 5.69 Å². The Hall–Kier alpha value is -1.33. The van der Waals surface area contributed by atoms with Gasteiger partial charge < -0.3 is 9.72 Å². The zero-order valence-electron chi connectivity index (χ0n) is 9.14. The Morgan fingerprint density at radius 2 is 2.29 bits per heavy atom. The highest BCUT2D eigenvalue weighted by Crippen LogP contribution is 2.33. The van der Waals surface area contributed by atoms with Gasteiger partial charge in [0, 0.05) is 35.7 Å². The summed E-state index contributed by atoms with van der Waals surface area (Å²) in [5, 5.41) is 5.17. The Morgan fingerprint density at radius 3 is 3.00 bits per heavy atom. The molecule has 1 N–H and O–H groups in total. The van der Waals surface area contributed by atoms with Crippen LogP contribution in [0, 0.1) is 0 Å². The van der Waals surface area contributed by atoms with Gasteiger partial charge in [-0.25, -0.2) is 4.98 Å². The summed E-state index contributed by atoms with van der Waals surface area (Å²) in [4.78, 5) is 5.79. The van der Waals surface area contributed by atoms with Gasteiger partial charge in [0.25, 0.3) is 0 Å². The molecule has 0 saturated carbocycles. The lowest BCUT2D eigenvalue weighted by Gasteiger charge is -1.98. The number of thiophene rings is 1. The first-order chi connectivity index (χ1) is 8.28. The van der Waals surface area contributed by atoms with Crippen molar-refractivity contribution < 1.29 is 0 Å². The summed E-state index contributed by atoms with van der Waals surface area (Å²) >= 11 is 5.23. The SMILES string of the molecule is CNc1ccn2cc(-c3sccc3Br)nc2c1. The maximum atomic E-state index is 4.63. The number of anilines is 1. The molecule has 0 unspecified atom stereocenters. The Kier molecular flexibility index (Phi) is 2.64. The predicted octanol–water partition coefficient (Wildman–Crippen LogP) is 3.87. The largest absolute Gasteiger partial charge is 0.388 e. The van der Waals surface area contributed by atoms with E-state index in [1.54, 1.807) is 11.3 Å². The average Bonchev–Trinajstić information content (AvgIpc) is 2.93. The monoisotopic (exact) mass is 307 g/mol. The molecule has 3 aromatic heterocycles. The highest BCUT2D eigenvalue weighted by molar-refractivity contribution is 9.10. The first-order valence-electron chi connectivity index (χ1n) is 5.18. The fraction of sp³-hybridized carbons (Fsp3) is 0.0833. The number of nitrogens with one attached hydrogen (secondary N) is 1. The van der Waals surface area contributed by atoms with E-state index in [0.29, 0.717) is 0 Å². The molecule has 5 heteroatoms. The molecule has 3 rings (SSSR count). The van der Waals surface area contributed by atoms with Crippen LogP contribution in [0.5, 0.6) is 0 Å². The van der Waals surface area contributed by atoms with E-state index >= 15 is 0 Å².